The van der Waals surface area contributed by atoms with E-state index < -0.39 is 0 Å². The second kappa shape index (κ2) is 3.85. The molecule has 0 amide bonds. The number of nitrogens with one attached hydrogen (secondary N) is 1. The number of aromatic amines is 1. The Labute approximate surface area is 109 Å². The van der Waals surface area contributed by atoms with Crippen molar-refractivity contribution in [2.75, 3.05) is 18.0 Å². The van der Waals surface area contributed by atoms with E-state index >= 15 is 0 Å². The zero-order chi connectivity index (χ0) is 12.8. The third-order valence-corrected chi connectivity index (χ3v) is 3.64. The summed E-state index contributed by atoms with van der Waals surface area (Å²) < 4.78 is 0. The average Bonchev–Trinajstić information content (AvgIpc) is 2.93. The highest BCUT2D eigenvalue weighted by Crippen LogP contribution is 2.34. The third-order valence-electron chi connectivity index (χ3n) is 3.44. The van der Waals surface area contributed by atoms with Gasteiger partial charge in [0.1, 0.15) is 5.15 Å². The molecule has 1 aliphatic rings. The number of fused-ring (bicyclic) bond motifs is 1. The van der Waals surface area contributed by atoms with Crippen LogP contribution in [0.4, 0.5) is 5.82 Å². The van der Waals surface area contributed by atoms with E-state index in [-0.39, 0.29) is 5.41 Å². The highest BCUT2D eigenvalue weighted by Gasteiger charge is 2.35. The number of anilines is 1. The van der Waals surface area contributed by atoms with Gasteiger partial charge in [0.2, 0.25) is 0 Å². The van der Waals surface area contributed by atoms with E-state index in [2.05, 4.69) is 26.2 Å². The van der Waals surface area contributed by atoms with Crippen LogP contribution in [0.3, 0.4) is 0 Å². The number of rotatable bonds is 1. The molecule has 18 heavy (non-hydrogen) atoms. The monoisotopic (exact) mass is 261 g/mol. The first-order chi connectivity index (χ1) is 8.61. The molecule has 0 saturated carbocycles. The fourth-order valence-corrected chi connectivity index (χ4v) is 2.51. The summed E-state index contributed by atoms with van der Waals surface area (Å²) in [4.78, 5) is 6.20. The maximum absolute atomic E-state index is 9.16. The average molecular weight is 262 g/mol. The lowest BCUT2D eigenvalue weighted by molar-refractivity contribution is 0.502. The maximum atomic E-state index is 9.16. The standard InChI is InChI=1S/C12H12ClN5/c1-12(6-14)2-3-18(7-12)11-8-5-15-10(13)4-9(8)16-17-11/h4-5H,2-3,7H2,1H3,(H,16,17). The molecule has 2 aromatic rings. The number of nitrogens with zero attached hydrogens (tertiary/aromatic N) is 4. The van der Waals surface area contributed by atoms with Crippen LogP contribution in [0.1, 0.15) is 13.3 Å². The van der Waals surface area contributed by atoms with Gasteiger partial charge in [0.05, 0.1) is 22.4 Å². The number of halogens is 1. The summed E-state index contributed by atoms with van der Waals surface area (Å²) in [5.41, 5.74) is 0.584. The van der Waals surface area contributed by atoms with Crippen molar-refractivity contribution in [3.63, 3.8) is 0 Å². The molecule has 6 heteroatoms. The van der Waals surface area contributed by atoms with Crippen LogP contribution in [-0.4, -0.2) is 28.3 Å². The van der Waals surface area contributed by atoms with E-state index in [1.54, 1.807) is 12.3 Å². The lowest BCUT2D eigenvalue weighted by atomic mass is 9.92. The van der Waals surface area contributed by atoms with E-state index in [4.69, 9.17) is 16.9 Å². The number of hydrogen-bond donors (Lipinski definition) is 1. The molecule has 1 saturated heterocycles. The van der Waals surface area contributed by atoms with Crippen LogP contribution in [0.15, 0.2) is 12.3 Å². The molecule has 0 bridgehead atoms. The molecule has 0 spiro atoms. The van der Waals surface area contributed by atoms with Crippen molar-refractivity contribution in [2.45, 2.75) is 13.3 Å². The Morgan fingerprint density at radius 3 is 3.17 bits per heavy atom. The van der Waals surface area contributed by atoms with Gasteiger partial charge in [-0.15, -0.1) is 0 Å². The predicted octanol–water partition coefficient (Wildman–Crippen LogP) is 2.35. The quantitative estimate of drug-likeness (QED) is 0.800. The van der Waals surface area contributed by atoms with Gasteiger partial charge in [-0.1, -0.05) is 11.6 Å². The molecular weight excluding hydrogens is 250 g/mol. The molecular formula is C12H12ClN5. The summed E-state index contributed by atoms with van der Waals surface area (Å²) in [6.07, 6.45) is 2.58. The second-order valence-corrected chi connectivity index (χ2v) is 5.33. The molecule has 1 unspecified atom stereocenters. The lowest BCUT2D eigenvalue weighted by Crippen LogP contribution is -2.24. The van der Waals surface area contributed by atoms with Crippen molar-refractivity contribution in [1.82, 2.24) is 15.2 Å². The second-order valence-electron chi connectivity index (χ2n) is 4.94. The number of H-pyrrole nitrogens is 1. The number of pyridine rings is 1. The third kappa shape index (κ3) is 1.70. The first-order valence-electron chi connectivity index (χ1n) is 5.77. The summed E-state index contributed by atoms with van der Waals surface area (Å²) in [5.74, 6) is 0.855. The van der Waals surface area contributed by atoms with Gasteiger partial charge < -0.3 is 4.90 Å². The minimum atomic E-state index is -0.287. The van der Waals surface area contributed by atoms with Gasteiger partial charge in [0, 0.05) is 25.4 Å². The van der Waals surface area contributed by atoms with Gasteiger partial charge in [0.15, 0.2) is 5.82 Å². The molecule has 1 N–H and O–H groups in total. The molecule has 1 aliphatic heterocycles. The van der Waals surface area contributed by atoms with E-state index in [1.165, 1.54) is 0 Å². The molecule has 0 radical (unpaired) electrons. The van der Waals surface area contributed by atoms with Crippen LogP contribution >= 0.6 is 11.6 Å². The van der Waals surface area contributed by atoms with Crippen molar-refractivity contribution in [3.8, 4) is 6.07 Å². The molecule has 5 nitrogen and oxygen atoms in total. The van der Waals surface area contributed by atoms with Gasteiger partial charge in [0.25, 0.3) is 0 Å². The van der Waals surface area contributed by atoms with Crippen molar-refractivity contribution in [2.24, 2.45) is 5.41 Å². The van der Waals surface area contributed by atoms with Crippen LogP contribution in [0.5, 0.6) is 0 Å². The van der Waals surface area contributed by atoms with Crippen LogP contribution in [0.25, 0.3) is 10.9 Å². The van der Waals surface area contributed by atoms with Crippen molar-refractivity contribution < 1.29 is 0 Å². The first kappa shape index (κ1) is 11.3. The van der Waals surface area contributed by atoms with Gasteiger partial charge in [-0.25, -0.2) is 4.98 Å². The SMILES string of the molecule is CC1(C#N)CCN(c2n[nH]c3cc(Cl)ncc23)C1. The van der Waals surface area contributed by atoms with Crippen molar-refractivity contribution >= 4 is 28.3 Å². The number of nitriles is 1. The molecule has 1 fully saturated rings. The summed E-state index contributed by atoms with van der Waals surface area (Å²) in [5, 5.41) is 17.8. The Morgan fingerprint density at radius 2 is 2.44 bits per heavy atom. The number of aromatic nitrogens is 3. The molecule has 3 rings (SSSR count). The molecule has 2 aromatic heterocycles. The molecule has 3 heterocycles. The van der Waals surface area contributed by atoms with E-state index in [0.29, 0.717) is 11.7 Å². The highest BCUT2D eigenvalue weighted by molar-refractivity contribution is 6.30. The van der Waals surface area contributed by atoms with Crippen molar-refractivity contribution in [1.29, 1.82) is 5.26 Å². The summed E-state index contributed by atoms with van der Waals surface area (Å²) in [7, 11) is 0. The topological polar surface area (TPSA) is 68.6 Å². The minimum absolute atomic E-state index is 0.287. The van der Waals surface area contributed by atoms with E-state index in [1.807, 2.05) is 6.92 Å². The number of hydrogen-bond acceptors (Lipinski definition) is 4. The minimum Gasteiger partial charge on any atom is -0.353 e. The Balaban J connectivity index is 1.99. The summed E-state index contributed by atoms with van der Waals surface area (Å²) in [6.45, 7) is 3.52. The zero-order valence-corrected chi connectivity index (χ0v) is 10.7. The van der Waals surface area contributed by atoms with E-state index in [9.17, 15) is 0 Å². The fourth-order valence-electron chi connectivity index (χ4n) is 2.35. The summed E-state index contributed by atoms with van der Waals surface area (Å²) in [6, 6.07) is 4.13. The Hall–Kier alpha value is -1.80. The van der Waals surface area contributed by atoms with Gasteiger partial charge in [-0.2, -0.15) is 10.4 Å². The predicted molar refractivity (Wildman–Crippen MR) is 69.4 cm³/mol. The lowest BCUT2D eigenvalue weighted by Gasteiger charge is -2.17. The Kier molecular flexibility index (Phi) is 2.42. The normalized spacial score (nSPS) is 23.5. The smallest absolute Gasteiger partial charge is 0.159 e. The molecule has 1 atom stereocenters. The van der Waals surface area contributed by atoms with Crippen LogP contribution in [-0.2, 0) is 0 Å². The summed E-state index contributed by atoms with van der Waals surface area (Å²) >= 11 is 5.84. The van der Waals surface area contributed by atoms with Gasteiger partial charge >= 0.3 is 0 Å². The molecule has 0 aromatic carbocycles. The first-order valence-corrected chi connectivity index (χ1v) is 6.15. The van der Waals surface area contributed by atoms with Crippen molar-refractivity contribution in [3.05, 3.63) is 17.4 Å². The van der Waals surface area contributed by atoms with Crippen LogP contribution < -0.4 is 4.90 Å². The highest BCUT2D eigenvalue weighted by atomic mass is 35.5. The maximum Gasteiger partial charge on any atom is 0.159 e. The van der Waals surface area contributed by atoms with E-state index in [0.717, 1.165) is 29.7 Å². The molecule has 0 aliphatic carbocycles. The van der Waals surface area contributed by atoms with Crippen LogP contribution in [0.2, 0.25) is 5.15 Å². The Morgan fingerprint density at radius 1 is 1.61 bits per heavy atom. The Bertz CT molecular complexity index is 643. The largest absolute Gasteiger partial charge is 0.353 e. The van der Waals surface area contributed by atoms with Gasteiger partial charge in [-0.3, -0.25) is 5.10 Å². The molecule has 92 valence electrons. The zero-order valence-electron chi connectivity index (χ0n) is 9.94. The fraction of sp³-hybridized carbons (Fsp3) is 0.417. The van der Waals surface area contributed by atoms with Crippen LogP contribution in [0, 0.1) is 16.7 Å². The van der Waals surface area contributed by atoms with Gasteiger partial charge in [-0.05, 0) is 13.3 Å².